The number of unbranched alkanes of at least 4 members (excludes halogenated alkanes) is 14. The van der Waals surface area contributed by atoms with Crippen LogP contribution in [0.25, 0.3) is 10.8 Å². The summed E-state index contributed by atoms with van der Waals surface area (Å²) in [5.74, 6) is 0.0402. The van der Waals surface area contributed by atoms with Crippen LogP contribution < -0.4 is 5.43 Å². The molecule has 0 aliphatic rings. The first-order valence-electron chi connectivity index (χ1n) is 14.7. The average Bonchev–Trinajstić information content (AvgIpc) is 2.86. The van der Waals surface area contributed by atoms with Gasteiger partial charge in [-0.2, -0.15) is 0 Å². The standard InChI is InChI=1S/C32H52N2O/c1-4-6-8-10-12-14-16-20-26-34(27-21-17-15-13-11-9-7-5-2)33-32(35)31-28(3)24-25-29-22-18-19-23-30(29)31/h18-19,22-25H,4-17,20-21,26-27H2,1-3H3,(H,33,35). The fraction of sp³-hybridized carbons (Fsp3) is 0.656. The van der Waals surface area contributed by atoms with Crippen LogP contribution in [0.15, 0.2) is 36.4 Å². The first-order valence-corrected chi connectivity index (χ1v) is 14.7. The highest BCUT2D eigenvalue weighted by molar-refractivity contribution is 6.08. The minimum Gasteiger partial charge on any atom is -0.285 e. The Morgan fingerprint density at radius 3 is 1.69 bits per heavy atom. The van der Waals surface area contributed by atoms with Crippen molar-refractivity contribution >= 4 is 16.7 Å². The summed E-state index contributed by atoms with van der Waals surface area (Å²) in [6.07, 6.45) is 21.0. The van der Waals surface area contributed by atoms with Gasteiger partial charge in [0.1, 0.15) is 0 Å². The maximum absolute atomic E-state index is 13.4. The molecule has 196 valence electrons. The van der Waals surface area contributed by atoms with Crippen molar-refractivity contribution in [3.05, 3.63) is 47.5 Å². The van der Waals surface area contributed by atoms with E-state index in [1.54, 1.807) is 0 Å². The third kappa shape index (κ3) is 11.6. The summed E-state index contributed by atoms with van der Waals surface area (Å²) < 4.78 is 0. The Kier molecular flexibility index (Phi) is 15.4. The van der Waals surface area contributed by atoms with Gasteiger partial charge in [0.05, 0.1) is 5.56 Å². The molecule has 3 heteroatoms. The van der Waals surface area contributed by atoms with E-state index in [0.717, 1.165) is 47.8 Å². The van der Waals surface area contributed by atoms with Gasteiger partial charge < -0.3 is 0 Å². The third-order valence-corrected chi connectivity index (χ3v) is 7.19. The lowest BCUT2D eigenvalue weighted by atomic mass is 9.99. The topological polar surface area (TPSA) is 32.3 Å². The van der Waals surface area contributed by atoms with Gasteiger partial charge in [0.15, 0.2) is 0 Å². The number of fused-ring (bicyclic) bond motifs is 1. The lowest BCUT2D eigenvalue weighted by molar-refractivity contribution is 0.0781. The zero-order chi connectivity index (χ0) is 25.1. The second kappa shape index (κ2) is 18.4. The van der Waals surface area contributed by atoms with Crippen LogP contribution in [-0.2, 0) is 0 Å². The van der Waals surface area contributed by atoms with Crippen LogP contribution in [0, 0.1) is 6.92 Å². The van der Waals surface area contributed by atoms with E-state index in [2.05, 4.69) is 48.5 Å². The molecule has 0 aliphatic heterocycles. The highest BCUT2D eigenvalue weighted by atomic mass is 16.2. The number of nitrogens with zero attached hydrogens (tertiary/aromatic N) is 1. The number of nitrogens with one attached hydrogen (secondary N) is 1. The van der Waals surface area contributed by atoms with Crippen LogP contribution in [0.5, 0.6) is 0 Å². The van der Waals surface area contributed by atoms with Crippen LogP contribution in [0.3, 0.4) is 0 Å². The normalized spacial score (nSPS) is 11.4. The lowest BCUT2D eigenvalue weighted by Crippen LogP contribution is -2.43. The fourth-order valence-corrected chi connectivity index (χ4v) is 4.98. The Bertz CT molecular complexity index is 811. The van der Waals surface area contributed by atoms with Gasteiger partial charge in [-0.05, 0) is 36.1 Å². The molecule has 0 saturated heterocycles. The molecule has 0 aromatic heterocycles. The molecule has 0 radical (unpaired) electrons. The highest BCUT2D eigenvalue weighted by Crippen LogP contribution is 2.22. The van der Waals surface area contributed by atoms with Crippen molar-refractivity contribution in [3.8, 4) is 0 Å². The predicted molar refractivity (Wildman–Crippen MR) is 153 cm³/mol. The van der Waals surface area contributed by atoms with Gasteiger partial charge >= 0.3 is 0 Å². The zero-order valence-corrected chi connectivity index (χ0v) is 23.0. The number of benzene rings is 2. The molecule has 3 nitrogen and oxygen atoms in total. The van der Waals surface area contributed by atoms with E-state index in [0.29, 0.717) is 0 Å². The Balaban J connectivity index is 1.87. The summed E-state index contributed by atoms with van der Waals surface area (Å²) in [6.45, 7) is 8.48. The molecule has 2 aromatic carbocycles. The van der Waals surface area contributed by atoms with Crippen LogP contribution >= 0.6 is 0 Å². The number of hydrazine groups is 1. The first-order chi connectivity index (χ1) is 17.2. The molecule has 35 heavy (non-hydrogen) atoms. The van der Waals surface area contributed by atoms with Crippen molar-refractivity contribution in [2.75, 3.05) is 13.1 Å². The van der Waals surface area contributed by atoms with Gasteiger partial charge in [0, 0.05) is 13.1 Å². The molecule has 0 bridgehead atoms. The molecule has 0 unspecified atom stereocenters. The summed E-state index contributed by atoms with van der Waals surface area (Å²) in [5, 5.41) is 4.38. The molecule has 0 spiro atoms. The number of hydrogen-bond acceptors (Lipinski definition) is 2. The van der Waals surface area contributed by atoms with Gasteiger partial charge in [-0.25, -0.2) is 5.01 Å². The number of carbonyl (C=O) groups excluding carboxylic acids is 1. The van der Waals surface area contributed by atoms with E-state index in [4.69, 9.17) is 0 Å². The maximum atomic E-state index is 13.4. The number of aryl methyl sites for hydroxylation is 1. The van der Waals surface area contributed by atoms with Crippen molar-refractivity contribution in [1.29, 1.82) is 0 Å². The quantitative estimate of drug-likeness (QED) is 0.151. The van der Waals surface area contributed by atoms with Crippen LogP contribution in [-0.4, -0.2) is 24.0 Å². The van der Waals surface area contributed by atoms with Crippen molar-refractivity contribution in [3.63, 3.8) is 0 Å². The predicted octanol–water partition coefficient (Wildman–Crippen LogP) is 9.38. The molecule has 1 N–H and O–H groups in total. The van der Waals surface area contributed by atoms with Crippen molar-refractivity contribution in [2.45, 2.75) is 124 Å². The SMILES string of the molecule is CCCCCCCCCCN(CCCCCCCCCC)NC(=O)c1c(C)ccc2ccccc12. The molecule has 2 rings (SSSR count). The number of hydrogen-bond donors (Lipinski definition) is 1. The number of rotatable bonds is 20. The van der Waals surface area contributed by atoms with Gasteiger partial charge in [0.2, 0.25) is 0 Å². The van der Waals surface area contributed by atoms with Gasteiger partial charge in [0.25, 0.3) is 5.91 Å². The molecular formula is C32H52N2O. The van der Waals surface area contributed by atoms with E-state index in [-0.39, 0.29) is 5.91 Å². The van der Waals surface area contributed by atoms with Crippen molar-refractivity contribution in [2.24, 2.45) is 0 Å². The van der Waals surface area contributed by atoms with E-state index in [1.165, 1.54) is 89.9 Å². The summed E-state index contributed by atoms with van der Waals surface area (Å²) >= 11 is 0. The monoisotopic (exact) mass is 480 g/mol. The second-order valence-corrected chi connectivity index (χ2v) is 10.4. The smallest absolute Gasteiger partial charge is 0.266 e. The van der Waals surface area contributed by atoms with Crippen molar-refractivity contribution in [1.82, 2.24) is 10.4 Å². The Morgan fingerprint density at radius 2 is 1.14 bits per heavy atom. The second-order valence-electron chi connectivity index (χ2n) is 10.4. The zero-order valence-electron chi connectivity index (χ0n) is 23.0. The summed E-state index contributed by atoms with van der Waals surface area (Å²) in [7, 11) is 0. The first kappa shape index (κ1) is 29.4. The van der Waals surface area contributed by atoms with Gasteiger partial charge in [-0.3, -0.25) is 10.2 Å². The van der Waals surface area contributed by atoms with Crippen LogP contribution in [0.2, 0.25) is 0 Å². The van der Waals surface area contributed by atoms with Crippen LogP contribution in [0.1, 0.15) is 133 Å². The molecular weight excluding hydrogens is 428 g/mol. The molecule has 2 aromatic rings. The lowest BCUT2D eigenvalue weighted by Gasteiger charge is -2.24. The molecule has 0 fully saturated rings. The Labute approximate surface area is 216 Å². The van der Waals surface area contributed by atoms with E-state index >= 15 is 0 Å². The molecule has 1 amide bonds. The molecule has 0 aliphatic carbocycles. The van der Waals surface area contributed by atoms with E-state index in [1.807, 2.05) is 19.1 Å². The average molecular weight is 481 g/mol. The van der Waals surface area contributed by atoms with Crippen LogP contribution in [0.4, 0.5) is 0 Å². The van der Waals surface area contributed by atoms with Crippen molar-refractivity contribution < 1.29 is 4.79 Å². The Hall–Kier alpha value is -1.87. The largest absolute Gasteiger partial charge is 0.285 e. The number of amides is 1. The molecule has 0 heterocycles. The minimum absolute atomic E-state index is 0.0402. The molecule has 0 atom stereocenters. The Morgan fingerprint density at radius 1 is 0.657 bits per heavy atom. The fourth-order valence-electron chi connectivity index (χ4n) is 4.98. The maximum Gasteiger partial charge on any atom is 0.266 e. The summed E-state index contributed by atoms with van der Waals surface area (Å²) in [6, 6.07) is 12.4. The van der Waals surface area contributed by atoms with E-state index < -0.39 is 0 Å². The highest BCUT2D eigenvalue weighted by Gasteiger charge is 2.16. The summed E-state index contributed by atoms with van der Waals surface area (Å²) in [4.78, 5) is 13.4. The number of carbonyl (C=O) groups is 1. The molecule has 0 saturated carbocycles. The minimum atomic E-state index is 0.0402. The summed E-state index contributed by atoms with van der Waals surface area (Å²) in [5.41, 5.74) is 5.16. The van der Waals surface area contributed by atoms with Gasteiger partial charge in [-0.1, -0.05) is 140 Å². The third-order valence-electron chi connectivity index (χ3n) is 7.19. The van der Waals surface area contributed by atoms with E-state index in [9.17, 15) is 4.79 Å². The van der Waals surface area contributed by atoms with Gasteiger partial charge in [-0.15, -0.1) is 0 Å².